The number of halogens is 2. The number of aromatic nitrogens is 2. The van der Waals surface area contributed by atoms with Crippen LogP contribution in [0.15, 0.2) is 48.8 Å². The molecule has 104 valence electrons. The summed E-state index contributed by atoms with van der Waals surface area (Å²) in [5, 5.41) is 3.07. The highest BCUT2D eigenvalue weighted by Crippen LogP contribution is 2.17. The van der Waals surface area contributed by atoms with Gasteiger partial charge < -0.3 is 5.32 Å². The van der Waals surface area contributed by atoms with Crippen molar-refractivity contribution in [3.8, 4) is 0 Å². The molecule has 0 fully saturated rings. The topological polar surface area (TPSA) is 54.9 Å². The summed E-state index contributed by atoms with van der Waals surface area (Å²) in [7, 11) is 0. The molecule has 2 aromatic carbocycles. The minimum absolute atomic E-state index is 0.154. The van der Waals surface area contributed by atoms with E-state index >= 15 is 0 Å². The van der Waals surface area contributed by atoms with Crippen LogP contribution in [0.3, 0.4) is 0 Å². The Bertz CT molecular complexity index is 831. The summed E-state index contributed by atoms with van der Waals surface area (Å²) in [4.78, 5) is 20.2. The molecule has 3 aromatic rings. The van der Waals surface area contributed by atoms with E-state index in [1.165, 1.54) is 12.4 Å². The van der Waals surface area contributed by atoms with Crippen LogP contribution >= 0.6 is 0 Å². The van der Waals surface area contributed by atoms with Gasteiger partial charge in [-0.15, -0.1) is 0 Å². The molecule has 0 saturated heterocycles. The van der Waals surface area contributed by atoms with Crippen LogP contribution in [0.25, 0.3) is 10.9 Å². The zero-order valence-electron chi connectivity index (χ0n) is 10.7. The largest absolute Gasteiger partial charge is 0.321 e. The van der Waals surface area contributed by atoms with Crippen LogP contribution in [-0.2, 0) is 0 Å². The lowest BCUT2D eigenvalue weighted by atomic mass is 10.2. The third kappa shape index (κ3) is 2.55. The molecular weight excluding hydrogens is 276 g/mol. The number of carbonyl (C=O) groups excluding carboxylic acids is 1. The Morgan fingerprint density at radius 1 is 1.00 bits per heavy atom. The molecule has 0 saturated carbocycles. The van der Waals surface area contributed by atoms with Crippen LogP contribution in [0, 0.1) is 11.6 Å². The minimum Gasteiger partial charge on any atom is -0.321 e. The lowest BCUT2D eigenvalue weighted by Gasteiger charge is -2.07. The summed E-state index contributed by atoms with van der Waals surface area (Å²) in [5.41, 5.74) is 0.954. The van der Waals surface area contributed by atoms with Crippen molar-refractivity contribution < 1.29 is 13.6 Å². The number of fused-ring (bicyclic) bond motifs is 1. The molecule has 1 amide bonds. The van der Waals surface area contributed by atoms with Crippen LogP contribution in [0.5, 0.6) is 0 Å². The average Bonchev–Trinajstić information content (AvgIpc) is 2.50. The fraction of sp³-hybridized carbons (Fsp3) is 0. The Morgan fingerprint density at radius 3 is 2.62 bits per heavy atom. The molecule has 0 aliphatic carbocycles. The molecule has 6 heteroatoms. The van der Waals surface area contributed by atoms with Gasteiger partial charge in [-0.2, -0.15) is 0 Å². The Kier molecular flexibility index (Phi) is 3.27. The quantitative estimate of drug-likeness (QED) is 0.787. The normalized spacial score (nSPS) is 10.6. The van der Waals surface area contributed by atoms with Gasteiger partial charge in [0.15, 0.2) is 11.6 Å². The first-order valence-electron chi connectivity index (χ1n) is 6.11. The second kappa shape index (κ2) is 5.24. The Hall–Kier alpha value is -2.89. The van der Waals surface area contributed by atoms with Gasteiger partial charge in [0.25, 0.3) is 5.91 Å². The van der Waals surface area contributed by atoms with Crippen molar-refractivity contribution in [2.75, 3.05) is 5.32 Å². The van der Waals surface area contributed by atoms with E-state index < -0.39 is 17.5 Å². The van der Waals surface area contributed by atoms with Crippen molar-refractivity contribution >= 4 is 22.5 Å². The van der Waals surface area contributed by atoms with E-state index in [1.807, 2.05) is 0 Å². The van der Waals surface area contributed by atoms with Crippen molar-refractivity contribution in [2.45, 2.75) is 0 Å². The lowest BCUT2D eigenvalue weighted by Crippen LogP contribution is -2.14. The third-order valence-electron chi connectivity index (χ3n) is 2.94. The number of amides is 1. The van der Waals surface area contributed by atoms with Crippen molar-refractivity contribution in [1.29, 1.82) is 0 Å². The van der Waals surface area contributed by atoms with E-state index in [1.54, 1.807) is 24.3 Å². The summed E-state index contributed by atoms with van der Waals surface area (Å²) >= 11 is 0. The van der Waals surface area contributed by atoms with Gasteiger partial charge >= 0.3 is 0 Å². The van der Waals surface area contributed by atoms with Gasteiger partial charge in [0.1, 0.15) is 12.0 Å². The molecule has 21 heavy (non-hydrogen) atoms. The number of hydrogen-bond acceptors (Lipinski definition) is 3. The summed E-state index contributed by atoms with van der Waals surface area (Å²) in [6.45, 7) is 0. The zero-order chi connectivity index (χ0) is 14.8. The third-order valence-corrected chi connectivity index (χ3v) is 2.94. The number of para-hydroxylation sites is 1. The van der Waals surface area contributed by atoms with Crippen LogP contribution in [0.2, 0.25) is 0 Å². The van der Waals surface area contributed by atoms with Crippen molar-refractivity contribution in [1.82, 2.24) is 9.97 Å². The first-order chi connectivity index (χ1) is 10.1. The molecule has 0 spiro atoms. The number of anilines is 1. The van der Waals surface area contributed by atoms with Gasteiger partial charge in [-0.1, -0.05) is 18.2 Å². The van der Waals surface area contributed by atoms with Gasteiger partial charge in [-0.05, 0) is 18.2 Å². The Balaban J connectivity index is 1.95. The molecule has 1 aromatic heterocycles. The predicted molar refractivity (Wildman–Crippen MR) is 73.8 cm³/mol. The SMILES string of the molecule is O=C(Nc1ccc(F)c(F)c1)c1ncnc2ccccc12. The fourth-order valence-electron chi connectivity index (χ4n) is 1.95. The summed E-state index contributed by atoms with van der Waals surface area (Å²) in [5.74, 6) is -2.51. The van der Waals surface area contributed by atoms with Crippen molar-refractivity contribution in [2.24, 2.45) is 0 Å². The summed E-state index contributed by atoms with van der Waals surface area (Å²) < 4.78 is 26.0. The predicted octanol–water partition coefficient (Wildman–Crippen LogP) is 3.16. The molecule has 4 nitrogen and oxygen atoms in total. The van der Waals surface area contributed by atoms with Crippen LogP contribution in [0.4, 0.5) is 14.5 Å². The molecule has 3 rings (SSSR count). The molecule has 0 radical (unpaired) electrons. The monoisotopic (exact) mass is 285 g/mol. The van der Waals surface area contributed by atoms with Crippen LogP contribution in [-0.4, -0.2) is 15.9 Å². The van der Waals surface area contributed by atoms with E-state index in [2.05, 4.69) is 15.3 Å². The second-order valence-corrected chi connectivity index (χ2v) is 4.32. The molecule has 1 heterocycles. The van der Waals surface area contributed by atoms with E-state index in [4.69, 9.17) is 0 Å². The molecule has 1 N–H and O–H groups in total. The van der Waals surface area contributed by atoms with Crippen molar-refractivity contribution in [3.05, 3.63) is 66.1 Å². The van der Waals surface area contributed by atoms with E-state index in [0.717, 1.165) is 12.1 Å². The lowest BCUT2D eigenvalue weighted by molar-refractivity contribution is 0.102. The molecular formula is C15H9F2N3O. The maximum Gasteiger partial charge on any atom is 0.275 e. The average molecular weight is 285 g/mol. The summed E-state index contributed by atoms with van der Waals surface area (Å²) in [6.07, 6.45) is 1.28. The number of hydrogen-bond donors (Lipinski definition) is 1. The molecule has 0 atom stereocenters. The maximum absolute atomic E-state index is 13.1. The number of nitrogens with one attached hydrogen (secondary N) is 1. The van der Waals surface area contributed by atoms with E-state index in [-0.39, 0.29) is 11.4 Å². The Labute approximate surface area is 118 Å². The highest BCUT2D eigenvalue weighted by molar-refractivity contribution is 6.10. The first-order valence-corrected chi connectivity index (χ1v) is 6.11. The zero-order valence-corrected chi connectivity index (χ0v) is 10.7. The standard InChI is InChI=1S/C15H9F2N3O/c16-11-6-5-9(7-12(11)17)20-15(21)14-10-3-1-2-4-13(10)18-8-19-14/h1-8H,(H,20,21). The molecule has 0 bridgehead atoms. The minimum atomic E-state index is -1.03. The van der Waals surface area contributed by atoms with E-state index in [0.29, 0.717) is 10.9 Å². The maximum atomic E-state index is 13.1. The second-order valence-electron chi connectivity index (χ2n) is 4.32. The van der Waals surface area contributed by atoms with Crippen molar-refractivity contribution in [3.63, 3.8) is 0 Å². The number of rotatable bonds is 2. The number of benzene rings is 2. The Morgan fingerprint density at radius 2 is 1.81 bits per heavy atom. The highest BCUT2D eigenvalue weighted by Gasteiger charge is 2.13. The molecule has 0 unspecified atom stereocenters. The van der Waals surface area contributed by atoms with Crippen LogP contribution < -0.4 is 5.32 Å². The number of nitrogens with zero attached hydrogens (tertiary/aromatic N) is 2. The van der Waals surface area contributed by atoms with Gasteiger partial charge in [0, 0.05) is 17.1 Å². The number of carbonyl (C=O) groups is 1. The van der Waals surface area contributed by atoms with Gasteiger partial charge in [-0.25, -0.2) is 18.7 Å². The van der Waals surface area contributed by atoms with Gasteiger partial charge in [0.05, 0.1) is 5.52 Å². The van der Waals surface area contributed by atoms with Crippen LogP contribution in [0.1, 0.15) is 10.5 Å². The smallest absolute Gasteiger partial charge is 0.275 e. The van der Waals surface area contributed by atoms with E-state index in [9.17, 15) is 13.6 Å². The van der Waals surface area contributed by atoms with Gasteiger partial charge in [0.2, 0.25) is 0 Å². The highest BCUT2D eigenvalue weighted by atomic mass is 19.2. The van der Waals surface area contributed by atoms with Gasteiger partial charge in [-0.3, -0.25) is 4.79 Å². The fourth-order valence-corrected chi connectivity index (χ4v) is 1.95. The summed E-state index contributed by atoms with van der Waals surface area (Å²) in [6, 6.07) is 10.2. The first kappa shape index (κ1) is 13.1. The molecule has 0 aliphatic heterocycles. The molecule has 0 aliphatic rings.